The van der Waals surface area contributed by atoms with Gasteiger partial charge in [0.15, 0.2) is 29.9 Å². The van der Waals surface area contributed by atoms with Crippen molar-refractivity contribution in [3.8, 4) is 0 Å². The average Bonchev–Trinajstić information content (AvgIpc) is 3.69. The van der Waals surface area contributed by atoms with Gasteiger partial charge in [0, 0.05) is 23.2 Å². The van der Waals surface area contributed by atoms with Gasteiger partial charge in [-0.25, -0.2) is 19.2 Å². The number of benzene rings is 2. The summed E-state index contributed by atoms with van der Waals surface area (Å²) in [4.78, 5) is 34.7. The van der Waals surface area contributed by atoms with E-state index >= 15 is 0 Å². The van der Waals surface area contributed by atoms with E-state index < -0.39 is 36.6 Å². The molecule has 3 N–H and O–H groups in total. The Labute approximate surface area is 241 Å². The molecule has 0 bridgehead atoms. The Hall–Kier alpha value is -4.17. The number of aromatic nitrogens is 2. The number of hydrogen-bond donors (Lipinski definition) is 3. The molecule has 2 fully saturated rings. The predicted molar refractivity (Wildman–Crippen MR) is 149 cm³/mol. The predicted octanol–water partition coefficient (Wildman–Crippen LogP) is 3.57. The third-order valence-corrected chi connectivity index (χ3v) is 7.35. The molecule has 220 valence electrons. The van der Waals surface area contributed by atoms with Crippen molar-refractivity contribution in [2.45, 2.75) is 51.3 Å². The Bertz CT molecular complexity index is 1460. The zero-order chi connectivity index (χ0) is 29.2. The molecule has 42 heavy (non-hydrogen) atoms. The molecule has 1 aromatic heterocycles. The summed E-state index contributed by atoms with van der Waals surface area (Å²) in [5.74, 6) is 0.116. The summed E-state index contributed by atoms with van der Waals surface area (Å²) < 4.78 is 39.7. The van der Waals surface area contributed by atoms with E-state index in [0.29, 0.717) is 30.5 Å². The quantitative estimate of drug-likeness (QED) is 0.323. The van der Waals surface area contributed by atoms with Crippen LogP contribution in [0.4, 0.5) is 26.5 Å². The maximum atomic E-state index is 14.6. The molecule has 5 atom stereocenters. The van der Waals surface area contributed by atoms with Gasteiger partial charge < -0.3 is 34.5 Å². The highest BCUT2D eigenvalue weighted by molar-refractivity contribution is 5.95. The summed E-state index contributed by atoms with van der Waals surface area (Å²) in [5, 5.41) is 8.67. The Kier molecular flexibility index (Phi) is 7.98. The van der Waals surface area contributed by atoms with Crippen molar-refractivity contribution in [3.63, 3.8) is 0 Å². The van der Waals surface area contributed by atoms with Crippen molar-refractivity contribution in [1.82, 2.24) is 15.3 Å². The van der Waals surface area contributed by atoms with E-state index in [4.69, 9.17) is 18.9 Å². The van der Waals surface area contributed by atoms with E-state index in [0.717, 1.165) is 5.56 Å². The third kappa shape index (κ3) is 5.39. The second-order valence-electron chi connectivity index (χ2n) is 10.1. The molecule has 0 aliphatic carbocycles. The van der Waals surface area contributed by atoms with Crippen molar-refractivity contribution in [2.24, 2.45) is 0 Å². The summed E-state index contributed by atoms with van der Waals surface area (Å²) in [6.45, 7) is 3.95. The number of anilines is 3. The molecule has 0 radical (unpaired) electrons. The van der Waals surface area contributed by atoms with Gasteiger partial charge in [-0.05, 0) is 19.9 Å². The molecule has 3 aliphatic heterocycles. The van der Waals surface area contributed by atoms with Crippen LogP contribution in [0.25, 0.3) is 0 Å². The SMILES string of the molecule is CCNC(=O)Nc1ncnc2c1NCN2C1OC(COCc2c(F)cccc2C(C)=O)C2O[C@H](c3ccccc3)OC21. The molecule has 13 heteroatoms. The van der Waals surface area contributed by atoms with E-state index in [1.54, 1.807) is 6.07 Å². The topological polar surface area (TPSA) is 136 Å². The van der Waals surface area contributed by atoms with Crippen LogP contribution in [-0.4, -0.2) is 66.1 Å². The van der Waals surface area contributed by atoms with Crippen LogP contribution in [-0.2, 0) is 25.6 Å². The molecular weight excluding hydrogens is 547 g/mol. The van der Waals surface area contributed by atoms with Crippen molar-refractivity contribution >= 4 is 29.1 Å². The van der Waals surface area contributed by atoms with Crippen LogP contribution in [0.2, 0.25) is 0 Å². The van der Waals surface area contributed by atoms with E-state index in [1.165, 1.54) is 25.4 Å². The Morgan fingerprint density at radius 3 is 2.69 bits per heavy atom. The van der Waals surface area contributed by atoms with Crippen LogP contribution in [0.5, 0.6) is 0 Å². The van der Waals surface area contributed by atoms with Crippen LogP contribution in [0, 0.1) is 5.82 Å². The Balaban J connectivity index is 1.23. The molecule has 0 spiro atoms. The van der Waals surface area contributed by atoms with Crippen molar-refractivity contribution in [2.75, 3.05) is 35.4 Å². The summed E-state index contributed by atoms with van der Waals surface area (Å²) in [7, 11) is 0. The Morgan fingerprint density at radius 2 is 1.90 bits per heavy atom. The molecule has 2 amide bonds. The fraction of sp³-hybridized carbons (Fsp3) is 0.379. The first kappa shape index (κ1) is 28.0. The van der Waals surface area contributed by atoms with Crippen molar-refractivity contribution in [3.05, 3.63) is 77.4 Å². The summed E-state index contributed by atoms with van der Waals surface area (Å²) >= 11 is 0. The van der Waals surface area contributed by atoms with E-state index in [-0.39, 0.29) is 36.2 Å². The number of halogens is 1. The minimum Gasteiger partial charge on any atom is -0.374 e. The Morgan fingerprint density at radius 1 is 1.10 bits per heavy atom. The highest BCUT2D eigenvalue weighted by Gasteiger charge is 2.56. The number of Topliss-reactive ketones (excluding diaryl/α,β-unsaturated/α-hetero) is 1. The molecule has 3 aromatic rings. The van der Waals surface area contributed by atoms with Crippen molar-refractivity contribution in [1.29, 1.82) is 0 Å². The number of rotatable bonds is 9. The lowest BCUT2D eigenvalue weighted by molar-refractivity contribution is -0.143. The number of carbonyl (C=O) groups is 2. The highest BCUT2D eigenvalue weighted by Crippen LogP contribution is 2.45. The number of fused-ring (bicyclic) bond motifs is 2. The van der Waals surface area contributed by atoms with Gasteiger partial charge >= 0.3 is 6.03 Å². The number of urea groups is 1. The molecular formula is C29H31FN6O6. The number of carbonyl (C=O) groups excluding carboxylic acids is 2. The first-order chi connectivity index (χ1) is 20.4. The molecule has 6 rings (SSSR count). The minimum atomic E-state index is -0.625. The van der Waals surface area contributed by atoms with Gasteiger partial charge in [-0.2, -0.15) is 0 Å². The molecule has 0 saturated carbocycles. The number of amides is 2. The van der Waals surface area contributed by atoms with Crippen LogP contribution < -0.4 is 20.9 Å². The maximum Gasteiger partial charge on any atom is 0.320 e. The van der Waals surface area contributed by atoms with E-state index in [1.807, 2.05) is 42.2 Å². The second kappa shape index (κ2) is 12.0. The molecule has 4 heterocycles. The fourth-order valence-electron chi connectivity index (χ4n) is 5.41. The summed E-state index contributed by atoms with van der Waals surface area (Å²) in [5.41, 5.74) is 1.89. The first-order valence-electron chi connectivity index (χ1n) is 13.7. The monoisotopic (exact) mass is 578 g/mol. The molecule has 12 nitrogen and oxygen atoms in total. The van der Waals surface area contributed by atoms with Gasteiger partial charge in [0.25, 0.3) is 0 Å². The van der Waals surface area contributed by atoms with Gasteiger partial charge in [0.1, 0.15) is 36.1 Å². The second-order valence-corrected chi connectivity index (χ2v) is 10.1. The van der Waals surface area contributed by atoms with E-state index in [9.17, 15) is 14.0 Å². The normalized spacial score (nSPS) is 24.2. The van der Waals surface area contributed by atoms with Gasteiger partial charge in [-0.1, -0.05) is 42.5 Å². The zero-order valence-corrected chi connectivity index (χ0v) is 23.1. The molecule has 2 aromatic carbocycles. The maximum absolute atomic E-state index is 14.6. The highest BCUT2D eigenvalue weighted by atomic mass is 19.1. The average molecular weight is 579 g/mol. The molecule has 2 saturated heterocycles. The fourth-order valence-corrected chi connectivity index (χ4v) is 5.41. The van der Waals surface area contributed by atoms with Crippen LogP contribution >= 0.6 is 0 Å². The van der Waals surface area contributed by atoms with Gasteiger partial charge in [0.05, 0.1) is 19.9 Å². The number of hydrogen-bond acceptors (Lipinski definition) is 10. The van der Waals surface area contributed by atoms with Crippen LogP contribution in [0.15, 0.2) is 54.9 Å². The molecule has 3 aliphatic rings. The summed E-state index contributed by atoms with van der Waals surface area (Å²) in [6.07, 6.45) is -1.48. The lowest BCUT2D eigenvalue weighted by Crippen LogP contribution is -2.43. The minimum absolute atomic E-state index is 0.0656. The number of nitrogens with one attached hydrogen (secondary N) is 3. The number of ether oxygens (including phenoxy) is 4. The van der Waals surface area contributed by atoms with Gasteiger partial charge in [-0.15, -0.1) is 0 Å². The van der Waals surface area contributed by atoms with E-state index in [2.05, 4.69) is 25.9 Å². The lowest BCUT2D eigenvalue weighted by Gasteiger charge is -2.28. The van der Waals surface area contributed by atoms with Crippen molar-refractivity contribution < 1.29 is 32.9 Å². The van der Waals surface area contributed by atoms with Crippen LogP contribution in [0.3, 0.4) is 0 Å². The largest absolute Gasteiger partial charge is 0.374 e. The smallest absolute Gasteiger partial charge is 0.320 e. The summed E-state index contributed by atoms with van der Waals surface area (Å²) in [6, 6.07) is 13.6. The molecule has 4 unspecified atom stereocenters. The number of ketones is 1. The third-order valence-electron chi connectivity index (χ3n) is 7.35. The number of nitrogens with zero attached hydrogens (tertiary/aromatic N) is 3. The van der Waals surface area contributed by atoms with Crippen LogP contribution in [0.1, 0.15) is 41.6 Å². The zero-order valence-electron chi connectivity index (χ0n) is 23.1. The standard InChI is InChI=1S/C29H31FN6O6/c1-3-31-29(38)35-25-22-26(33-14-32-25)36(15-34-22)27-24-23(41-28(42-24)17-8-5-4-6-9-17)21(40-27)13-39-12-19-18(16(2)37)10-7-11-20(19)30/h4-11,14,21,23-24,27-28,34H,3,12-13,15H2,1-2H3,(H2,31,32,33,35,38)/t21?,23?,24?,27?,28-/m0/s1. The van der Waals surface area contributed by atoms with Gasteiger partial charge in [0.2, 0.25) is 0 Å². The van der Waals surface area contributed by atoms with Gasteiger partial charge in [-0.3, -0.25) is 10.1 Å². The first-order valence-corrected chi connectivity index (χ1v) is 13.7. The lowest BCUT2D eigenvalue weighted by atomic mass is 10.0.